The molecule has 0 amide bonds. The number of aliphatic hydroxyl groups excluding tert-OH is 1. The molecule has 2 aromatic carbocycles. The van der Waals surface area contributed by atoms with Crippen LogP contribution in [0.25, 0.3) is 11.0 Å². The summed E-state index contributed by atoms with van der Waals surface area (Å²) in [5, 5.41) is 10.9. The van der Waals surface area contributed by atoms with E-state index in [4.69, 9.17) is 11.6 Å². The molecule has 19 heavy (non-hydrogen) atoms. The first-order chi connectivity index (χ1) is 9.13. The van der Waals surface area contributed by atoms with E-state index in [2.05, 4.69) is 9.97 Å². The van der Waals surface area contributed by atoms with Crippen molar-refractivity contribution in [3.63, 3.8) is 0 Å². The van der Waals surface area contributed by atoms with Gasteiger partial charge in [0.1, 0.15) is 6.10 Å². The number of aromatic nitrogens is 2. The van der Waals surface area contributed by atoms with Crippen LogP contribution in [-0.2, 0) is 0 Å². The smallest absolute Gasteiger partial charge is 0.323 e. The molecule has 0 saturated heterocycles. The zero-order valence-corrected chi connectivity index (χ0v) is 10.6. The van der Waals surface area contributed by atoms with Gasteiger partial charge in [0.25, 0.3) is 0 Å². The second kappa shape index (κ2) is 4.57. The predicted octanol–water partition coefficient (Wildman–Crippen LogP) is 2.59. The van der Waals surface area contributed by atoms with Crippen LogP contribution in [0.2, 0.25) is 5.02 Å². The highest BCUT2D eigenvalue weighted by molar-refractivity contribution is 6.30. The van der Waals surface area contributed by atoms with Gasteiger partial charge in [0.2, 0.25) is 0 Å². The zero-order valence-electron chi connectivity index (χ0n) is 9.85. The van der Waals surface area contributed by atoms with Crippen molar-refractivity contribution in [3.05, 3.63) is 69.1 Å². The van der Waals surface area contributed by atoms with E-state index in [-0.39, 0.29) is 5.69 Å². The average Bonchev–Trinajstić information content (AvgIpc) is 2.77. The molecule has 96 valence electrons. The quantitative estimate of drug-likeness (QED) is 0.672. The monoisotopic (exact) mass is 274 g/mol. The van der Waals surface area contributed by atoms with Gasteiger partial charge in [-0.3, -0.25) is 0 Å². The molecule has 0 saturated carbocycles. The van der Waals surface area contributed by atoms with Crippen LogP contribution in [-0.4, -0.2) is 15.1 Å². The van der Waals surface area contributed by atoms with Gasteiger partial charge in [-0.1, -0.05) is 29.8 Å². The summed E-state index contributed by atoms with van der Waals surface area (Å²) in [6.07, 6.45) is -0.750. The summed E-state index contributed by atoms with van der Waals surface area (Å²) in [5.74, 6) is 0. The molecule has 3 N–H and O–H groups in total. The number of imidazole rings is 1. The Bertz CT molecular complexity index is 774. The average molecular weight is 275 g/mol. The van der Waals surface area contributed by atoms with Gasteiger partial charge >= 0.3 is 5.69 Å². The van der Waals surface area contributed by atoms with Crippen LogP contribution >= 0.6 is 11.6 Å². The first-order valence-corrected chi connectivity index (χ1v) is 6.17. The van der Waals surface area contributed by atoms with Gasteiger partial charge in [0, 0.05) is 5.02 Å². The molecule has 0 aliphatic heterocycles. The summed E-state index contributed by atoms with van der Waals surface area (Å²) in [5.41, 5.74) is 2.60. The number of aromatic amines is 2. The number of fused-ring (bicyclic) bond motifs is 1. The van der Waals surface area contributed by atoms with E-state index < -0.39 is 6.10 Å². The predicted molar refractivity (Wildman–Crippen MR) is 74.4 cm³/mol. The topological polar surface area (TPSA) is 68.9 Å². The van der Waals surface area contributed by atoms with E-state index in [1.807, 2.05) is 0 Å². The van der Waals surface area contributed by atoms with Crippen LogP contribution in [0.5, 0.6) is 0 Å². The van der Waals surface area contributed by atoms with Crippen molar-refractivity contribution < 1.29 is 5.11 Å². The Labute approximate surface area is 113 Å². The largest absolute Gasteiger partial charge is 0.384 e. The number of H-pyrrole nitrogens is 2. The van der Waals surface area contributed by atoms with Crippen molar-refractivity contribution >= 4 is 22.6 Å². The third-order valence-electron chi connectivity index (χ3n) is 3.04. The van der Waals surface area contributed by atoms with Crippen LogP contribution in [0, 0.1) is 0 Å². The molecule has 4 nitrogen and oxygen atoms in total. The first kappa shape index (κ1) is 12.0. The number of aliphatic hydroxyl groups is 1. The maximum absolute atomic E-state index is 11.2. The molecular formula is C14H11ClN2O2. The second-order valence-electron chi connectivity index (χ2n) is 4.34. The number of halogens is 1. The van der Waals surface area contributed by atoms with Crippen molar-refractivity contribution in [1.29, 1.82) is 0 Å². The minimum atomic E-state index is -0.750. The number of hydrogen-bond donors (Lipinski definition) is 3. The number of rotatable bonds is 2. The van der Waals surface area contributed by atoms with Crippen molar-refractivity contribution in [1.82, 2.24) is 9.97 Å². The SMILES string of the molecule is O=c1[nH]c2ccc(C(O)c3ccc(Cl)cc3)cc2[nH]1. The molecule has 1 aromatic heterocycles. The van der Waals surface area contributed by atoms with Crippen LogP contribution < -0.4 is 5.69 Å². The molecular weight excluding hydrogens is 264 g/mol. The molecule has 0 spiro atoms. The number of hydrogen-bond acceptors (Lipinski definition) is 2. The van der Waals surface area contributed by atoms with Crippen LogP contribution in [0.4, 0.5) is 0 Å². The Hall–Kier alpha value is -2.04. The lowest BCUT2D eigenvalue weighted by molar-refractivity contribution is 0.220. The fourth-order valence-electron chi connectivity index (χ4n) is 2.06. The van der Waals surface area contributed by atoms with E-state index >= 15 is 0 Å². The molecule has 0 fully saturated rings. The van der Waals surface area contributed by atoms with E-state index in [9.17, 15) is 9.90 Å². The van der Waals surface area contributed by atoms with E-state index in [0.717, 1.165) is 11.1 Å². The highest BCUT2D eigenvalue weighted by atomic mass is 35.5. The Morgan fingerprint density at radius 2 is 1.58 bits per heavy atom. The summed E-state index contributed by atoms with van der Waals surface area (Å²) in [6, 6.07) is 12.3. The summed E-state index contributed by atoms with van der Waals surface area (Å²) < 4.78 is 0. The van der Waals surface area contributed by atoms with Gasteiger partial charge in [0.15, 0.2) is 0 Å². The van der Waals surface area contributed by atoms with E-state index in [1.165, 1.54) is 0 Å². The van der Waals surface area contributed by atoms with Crippen molar-refractivity contribution in [2.45, 2.75) is 6.10 Å². The standard InChI is InChI=1S/C14H11ClN2O2/c15-10-4-1-8(2-5-10)13(18)9-3-6-11-12(7-9)17-14(19)16-11/h1-7,13,18H,(H2,16,17,19). The Morgan fingerprint density at radius 1 is 0.947 bits per heavy atom. The maximum Gasteiger partial charge on any atom is 0.323 e. The highest BCUT2D eigenvalue weighted by Gasteiger charge is 2.11. The normalized spacial score (nSPS) is 12.7. The van der Waals surface area contributed by atoms with Crippen molar-refractivity contribution in [2.24, 2.45) is 0 Å². The highest BCUT2D eigenvalue weighted by Crippen LogP contribution is 2.24. The summed E-state index contributed by atoms with van der Waals surface area (Å²) in [4.78, 5) is 16.5. The summed E-state index contributed by atoms with van der Waals surface area (Å²) in [7, 11) is 0. The van der Waals surface area contributed by atoms with Gasteiger partial charge < -0.3 is 15.1 Å². The Morgan fingerprint density at radius 3 is 2.32 bits per heavy atom. The number of nitrogens with one attached hydrogen (secondary N) is 2. The minimum absolute atomic E-state index is 0.256. The third-order valence-corrected chi connectivity index (χ3v) is 3.29. The van der Waals surface area contributed by atoms with Gasteiger partial charge in [-0.25, -0.2) is 4.79 Å². The van der Waals surface area contributed by atoms with Crippen LogP contribution in [0.15, 0.2) is 47.3 Å². The van der Waals surface area contributed by atoms with E-state index in [0.29, 0.717) is 16.1 Å². The molecule has 3 rings (SSSR count). The Kier molecular flexibility index (Phi) is 2.89. The molecule has 1 unspecified atom stereocenters. The van der Waals surface area contributed by atoms with Gasteiger partial charge in [-0.15, -0.1) is 0 Å². The van der Waals surface area contributed by atoms with Crippen LogP contribution in [0.1, 0.15) is 17.2 Å². The molecule has 0 aliphatic carbocycles. The fourth-order valence-corrected chi connectivity index (χ4v) is 2.18. The van der Waals surface area contributed by atoms with Gasteiger partial charge in [0.05, 0.1) is 11.0 Å². The fraction of sp³-hybridized carbons (Fsp3) is 0.0714. The summed E-state index contributed by atoms with van der Waals surface area (Å²) in [6.45, 7) is 0. The molecule has 0 aliphatic rings. The molecule has 5 heteroatoms. The lowest BCUT2D eigenvalue weighted by Gasteiger charge is -2.11. The molecule has 1 heterocycles. The molecule has 1 atom stereocenters. The van der Waals surface area contributed by atoms with Crippen LogP contribution in [0.3, 0.4) is 0 Å². The van der Waals surface area contributed by atoms with Gasteiger partial charge in [-0.05, 0) is 35.4 Å². The lowest BCUT2D eigenvalue weighted by atomic mass is 10.0. The van der Waals surface area contributed by atoms with Crippen molar-refractivity contribution in [2.75, 3.05) is 0 Å². The molecule has 0 radical (unpaired) electrons. The van der Waals surface area contributed by atoms with Crippen molar-refractivity contribution in [3.8, 4) is 0 Å². The van der Waals surface area contributed by atoms with E-state index in [1.54, 1.807) is 42.5 Å². The van der Waals surface area contributed by atoms with Gasteiger partial charge in [-0.2, -0.15) is 0 Å². The maximum atomic E-state index is 11.2. The third kappa shape index (κ3) is 2.28. The minimum Gasteiger partial charge on any atom is -0.384 e. The summed E-state index contributed by atoms with van der Waals surface area (Å²) >= 11 is 5.82. The zero-order chi connectivity index (χ0) is 13.4. The lowest BCUT2D eigenvalue weighted by Crippen LogP contribution is -1.99. The molecule has 3 aromatic rings. The second-order valence-corrected chi connectivity index (χ2v) is 4.77. The first-order valence-electron chi connectivity index (χ1n) is 5.79. The molecule has 0 bridgehead atoms. The Balaban J connectivity index is 2.03. The number of benzene rings is 2.